The molecule has 0 fully saturated rings. The van der Waals surface area contributed by atoms with Crippen LogP contribution in [-0.4, -0.2) is 4.37 Å². The molecule has 78 valence electrons. The van der Waals surface area contributed by atoms with Gasteiger partial charge in [-0.25, -0.2) is 0 Å². The van der Waals surface area contributed by atoms with Gasteiger partial charge in [-0.3, -0.25) is 0 Å². The molecule has 16 heavy (non-hydrogen) atoms. The fourth-order valence-electron chi connectivity index (χ4n) is 1.92. The zero-order chi connectivity index (χ0) is 11.0. The molecule has 3 aromatic rings. The van der Waals surface area contributed by atoms with Gasteiger partial charge in [0.05, 0.1) is 10.4 Å². The molecule has 0 N–H and O–H groups in total. The van der Waals surface area contributed by atoms with E-state index in [1.807, 2.05) is 0 Å². The van der Waals surface area contributed by atoms with Gasteiger partial charge in [-0.15, -0.1) is 0 Å². The van der Waals surface area contributed by atoms with E-state index in [1.165, 1.54) is 21.2 Å². The van der Waals surface area contributed by atoms with Gasteiger partial charge < -0.3 is 0 Å². The summed E-state index contributed by atoms with van der Waals surface area (Å²) in [5.74, 6) is 0. The van der Waals surface area contributed by atoms with Gasteiger partial charge in [0, 0.05) is 10.9 Å². The minimum Gasteiger partial charge on any atom is -0.191 e. The number of aromatic nitrogens is 1. The van der Waals surface area contributed by atoms with Gasteiger partial charge in [0.25, 0.3) is 0 Å². The van der Waals surface area contributed by atoms with Gasteiger partial charge >= 0.3 is 0 Å². The third-order valence-corrected chi connectivity index (χ3v) is 3.60. The van der Waals surface area contributed by atoms with Crippen molar-refractivity contribution in [3.05, 3.63) is 54.1 Å². The van der Waals surface area contributed by atoms with Gasteiger partial charge in [-0.05, 0) is 30.1 Å². The molecule has 0 atom stereocenters. The largest absolute Gasteiger partial charge is 0.191 e. The Hall–Kier alpha value is -1.67. The molecule has 1 aromatic heterocycles. The van der Waals surface area contributed by atoms with E-state index in [4.69, 9.17) is 0 Å². The minimum atomic E-state index is 1.11. The lowest BCUT2D eigenvalue weighted by Gasteiger charge is -2.02. The normalized spacial score (nSPS) is 10.8. The molecule has 0 radical (unpaired) electrons. The summed E-state index contributed by atoms with van der Waals surface area (Å²) in [6, 6.07) is 16.8. The summed E-state index contributed by atoms with van der Waals surface area (Å²) in [6.07, 6.45) is 0. The Kier molecular flexibility index (Phi) is 2.22. The van der Waals surface area contributed by atoms with Gasteiger partial charge in [0.1, 0.15) is 0 Å². The van der Waals surface area contributed by atoms with Crippen molar-refractivity contribution >= 4 is 21.6 Å². The summed E-state index contributed by atoms with van der Waals surface area (Å²) < 4.78 is 5.82. The van der Waals surface area contributed by atoms with Crippen molar-refractivity contribution in [3.8, 4) is 11.3 Å². The topological polar surface area (TPSA) is 12.9 Å². The van der Waals surface area contributed by atoms with E-state index < -0.39 is 0 Å². The predicted octanol–water partition coefficient (Wildman–Crippen LogP) is 4.27. The first-order valence-corrected chi connectivity index (χ1v) is 6.04. The first-order valence-electron chi connectivity index (χ1n) is 5.27. The Morgan fingerprint density at radius 2 is 1.69 bits per heavy atom. The Balaban J connectivity index is 2.31. The van der Waals surface area contributed by atoms with Crippen LogP contribution in [0.5, 0.6) is 0 Å². The first kappa shape index (κ1) is 9.55. The van der Waals surface area contributed by atoms with Crippen molar-refractivity contribution in [1.82, 2.24) is 4.37 Å². The summed E-state index contributed by atoms with van der Waals surface area (Å²) in [7, 11) is 0. The van der Waals surface area contributed by atoms with Gasteiger partial charge in [0.2, 0.25) is 0 Å². The highest BCUT2D eigenvalue weighted by molar-refractivity contribution is 7.13. The molecular weight excluding hydrogens is 214 g/mol. The number of rotatable bonds is 1. The SMILES string of the molecule is Cc1ccccc1-c1nsc2ccccc12. The monoisotopic (exact) mass is 225 g/mol. The lowest BCUT2D eigenvalue weighted by Crippen LogP contribution is -1.82. The second-order valence-electron chi connectivity index (χ2n) is 3.84. The maximum Gasteiger partial charge on any atom is 0.0921 e. The van der Waals surface area contributed by atoms with Crippen LogP contribution in [0, 0.1) is 6.92 Å². The van der Waals surface area contributed by atoms with Gasteiger partial charge in [-0.2, -0.15) is 4.37 Å². The van der Waals surface area contributed by atoms with E-state index in [0.717, 1.165) is 5.69 Å². The Bertz CT molecular complexity index is 640. The van der Waals surface area contributed by atoms with E-state index in [9.17, 15) is 0 Å². The van der Waals surface area contributed by atoms with Gasteiger partial charge in [0.15, 0.2) is 0 Å². The molecule has 0 bridgehead atoms. The van der Waals surface area contributed by atoms with E-state index in [-0.39, 0.29) is 0 Å². The molecule has 0 aliphatic carbocycles. The fraction of sp³-hybridized carbons (Fsp3) is 0.0714. The molecule has 0 aliphatic rings. The molecule has 0 amide bonds. The summed E-state index contributed by atoms with van der Waals surface area (Å²) in [4.78, 5) is 0. The summed E-state index contributed by atoms with van der Waals surface area (Å²) in [5.41, 5.74) is 3.62. The number of hydrogen-bond acceptors (Lipinski definition) is 2. The molecule has 0 unspecified atom stereocenters. The molecule has 2 heteroatoms. The Labute approximate surface area is 98.5 Å². The first-order chi connectivity index (χ1) is 7.86. The zero-order valence-electron chi connectivity index (χ0n) is 8.97. The zero-order valence-corrected chi connectivity index (χ0v) is 9.79. The van der Waals surface area contributed by atoms with E-state index >= 15 is 0 Å². The molecule has 1 heterocycles. The Morgan fingerprint density at radius 3 is 2.56 bits per heavy atom. The van der Waals surface area contributed by atoms with E-state index in [0.29, 0.717) is 0 Å². The van der Waals surface area contributed by atoms with Crippen LogP contribution in [0.15, 0.2) is 48.5 Å². The van der Waals surface area contributed by atoms with Crippen molar-refractivity contribution in [1.29, 1.82) is 0 Å². The molecule has 0 spiro atoms. The number of nitrogens with zero attached hydrogens (tertiary/aromatic N) is 1. The maximum absolute atomic E-state index is 4.57. The molecule has 0 saturated heterocycles. The second-order valence-corrected chi connectivity index (χ2v) is 4.65. The fourth-order valence-corrected chi connectivity index (χ4v) is 2.71. The molecule has 0 saturated carbocycles. The van der Waals surface area contributed by atoms with Gasteiger partial charge in [-0.1, -0.05) is 42.5 Å². The molecule has 2 aromatic carbocycles. The van der Waals surface area contributed by atoms with Crippen molar-refractivity contribution < 1.29 is 0 Å². The standard InChI is InChI=1S/C14H11NS/c1-10-6-2-3-7-11(10)14-12-8-4-5-9-13(12)16-15-14/h2-9H,1H3. The van der Waals surface area contributed by atoms with Crippen LogP contribution in [0.25, 0.3) is 21.3 Å². The van der Waals surface area contributed by atoms with Crippen LogP contribution in [0.1, 0.15) is 5.56 Å². The van der Waals surface area contributed by atoms with Crippen molar-refractivity contribution in [2.24, 2.45) is 0 Å². The number of fused-ring (bicyclic) bond motifs is 1. The summed E-state index contributed by atoms with van der Waals surface area (Å²) in [5, 5.41) is 1.25. The van der Waals surface area contributed by atoms with Crippen molar-refractivity contribution in [2.45, 2.75) is 6.92 Å². The third kappa shape index (κ3) is 1.42. The quantitative estimate of drug-likeness (QED) is 0.602. The highest BCUT2D eigenvalue weighted by Crippen LogP contribution is 2.32. The van der Waals surface area contributed by atoms with Crippen LogP contribution in [-0.2, 0) is 0 Å². The van der Waals surface area contributed by atoms with Crippen LogP contribution in [0.2, 0.25) is 0 Å². The maximum atomic E-state index is 4.57. The molecular formula is C14H11NS. The smallest absolute Gasteiger partial charge is 0.0921 e. The van der Waals surface area contributed by atoms with Crippen LogP contribution >= 0.6 is 11.5 Å². The van der Waals surface area contributed by atoms with Crippen LogP contribution < -0.4 is 0 Å². The Morgan fingerprint density at radius 1 is 0.938 bits per heavy atom. The number of benzene rings is 2. The predicted molar refractivity (Wildman–Crippen MR) is 69.8 cm³/mol. The highest BCUT2D eigenvalue weighted by Gasteiger charge is 2.08. The van der Waals surface area contributed by atoms with Crippen LogP contribution in [0.3, 0.4) is 0 Å². The summed E-state index contributed by atoms with van der Waals surface area (Å²) in [6.45, 7) is 2.13. The van der Waals surface area contributed by atoms with Crippen LogP contribution in [0.4, 0.5) is 0 Å². The average molecular weight is 225 g/mol. The lowest BCUT2D eigenvalue weighted by molar-refractivity contribution is 1.43. The number of hydrogen-bond donors (Lipinski definition) is 0. The van der Waals surface area contributed by atoms with Crippen molar-refractivity contribution in [3.63, 3.8) is 0 Å². The lowest BCUT2D eigenvalue weighted by atomic mass is 10.0. The number of aryl methyl sites for hydroxylation is 1. The van der Waals surface area contributed by atoms with Crippen molar-refractivity contribution in [2.75, 3.05) is 0 Å². The molecule has 3 rings (SSSR count). The van der Waals surface area contributed by atoms with E-state index in [1.54, 1.807) is 11.5 Å². The molecule has 0 aliphatic heterocycles. The average Bonchev–Trinajstić information content (AvgIpc) is 2.74. The molecule has 1 nitrogen and oxygen atoms in total. The third-order valence-electron chi connectivity index (χ3n) is 2.78. The highest BCUT2D eigenvalue weighted by atomic mass is 32.1. The van der Waals surface area contributed by atoms with E-state index in [2.05, 4.69) is 59.8 Å². The summed E-state index contributed by atoms with van der Waals surface area (Å²) >= 11 is 1.57. The second kappa shape index (κ2) is 3.72. The minimum absolute atomic E-state index is 1.11.